The molecule has 0 aliphatic heterocycles. The lowest BCUT2D eigenvalue weighted by molar-refractivity contribution is -0.146. The van der Waals surface area contributed by atoms with E-state index in [2.05, 4.69) is 0 Å². The van der Waals surface area contributed by atoms with E-state index in [4.69, 9.17) is 18.9 Å². The summed E-state index contributed by atoms with van der Waals surface area (Å²) in [6.07, 6.45) is 3.51. The van der Waals surface area contributed by atoms with Crippen molar-refractivity contribution in [2.75, 3.05) is 26.9 Å². The molecule has 0 atom stereocenters. The predicted octanol–water partition coefficient (Wildman–Crippen LogP) is 4.22. The van der Waals surface area contributed by atoms with E-state index in [1.807, 2.05) is 37.3 Å². The van der Waals surface area contributed by atoms with E-state index in [1.165, 1.54) is 0 Å². The minimum absolute atomic E-state index is 0.177. The summed E-state index contributed by atoms with van der Waals surface area (Å²) in [5.41, 5.74) is 3.48. The Balaban J connectivity index is 1.65. The zero-order valence-electron chi connectivity index (χ0n) is 17.4. The number of Topliss-reactive ketones (excluding diaryl/α,β-unsaturated/α-hetero) is 1. The second-order valence-corrected chi connectivity index (χ2v) is 7.62. The zero-order valence-corrected chi connectivity index (χ0v) is 17.4. The molecule has 0 spiro atoms. The standard InChI is InChI=1S/C24H26O6/c1-3-28-24-21(27-2)11-9-19(17-6-8-18-16(12-17)7-10-20(18)25)23(24)30-14-22(26)29-13-15-4-5-15/h6,8-9,11-12,15H,3-5,7,10,13-14H2,1-2H3. The van der Waals surface area contributed by atoms with E-state index >= 15 is 0 Å². The predicted molar refractivity (Wildman–Crippen MR) is 111 cm³/mol. The van der Waals surface area contributed by atoms with E-state index in [0.29, 0.717) is 42.8 Å². The van der Waals surface area contributed by atoms with Gasteiger partial charge in [0.05, 0.1) is 20.3 Å². The molecule has 0 heterocycles. The minimum Gasteiger partial charge on any atom is -0.493 e. The molecule has 0 N–H and O–H groups in total. The van der Waals surface area contributed by atoms with Crippen LogP contribution in [-0.4, -0.2) is 38.7 Å². The van der Waals surface area contributed by atoms with Crippen LogP contribution in [0.5, 0.6) is 17.2 Å². The van der Waals surface area contributed by atoms with Crippen molar-refractivity contribution in [3.05, 3.63) is 41.5 Å². The molecule has 2 aliphatic carbocycles. The first-order valence-corrected chi connectivity index (χ1v) is 10.4. The van der Waals surface area contributed by atoms with Crippen LogP contribution in [0.4, 0.5) is 0 Å². The second-order valence-electron chi connectivity index (χ2n) is 7.62. The Morgan fingerprint density at radius 1 is 1.03 bits per heavy atom. The summed E-state index contributed by atoms with van der Waals surface area (Å²) < 4.78 is 22.5. The first-order chi connectivity index (χ1) is 14.6. The molecule has 2 aliphatic rings. The summed E-state index contributed by atoms with van der Waals surface area (Å²) in [5, 5.41) is 0. The molecule has 0 radical (unpaired) electrons. The lowest BCUT2D eigenvalue weighted by Crippen LogP contribution is -2.17. The number of esters is 1. The van der Waals surface area contributed by atoms with Gasteiger partial charge in [0.15, 0.2) is 23.9 Å². The number of methoxy groups -OCH3 is 1. The van der Waals surface area contributed by atoms with E-state index in [9.17, 15) is 9.59 Å². The lowest BCUT2D eigenvalue weighted by Gasteiger charge is -2.19. The lowest BCUT2D eigenvalue weighted by atomic mass is 9.99. The number of hydrogen-bond acceptors (Lipinski definition) is 6. The number of benzene rings is 2. The molecule has 6 heteroatoms. The summed E-state index contributed by atoms with van der Waals surface area (Å²) >= 11 is 0. The number of ether oxygens (including phenoxy) is 4. The molecule has 0 unspecified atom stereocenters. The molecular weight excluding hydrogens is 384 g/mol. The van der Waals surface area contributed by atoms with Crippen molar-refractivity contribution in [2.24, 2.45) is 5.92 Å². The van der Waals surface area contributed by atoms with Crippen molar-refractivity contribution in [3.8, 4) is 28.4 Å². The van der Waals surface area contributed by atoms with Gasteiger partial charge in [-0.1, -0.05) is 18.2 Å². The molecule has 2 aromatic rings. The Morgan fingerprint density at radius 3 is 2.57 bits per heavy atom. The molecule has 158 valence electrons. The van der Waals surface area contributed by atoms with Gasteiger partial charge in [-0.15, -0.1) is 0 Å². The van der Waals surface area contributed by atoms with Crippen molar-refractivity contribution >= 4 is 11.8 Å². The van der Waals surface area contributed by atoms with Gasteiger partial charge in [-0.2, -0.15) is 0 Å². The van der Waals surface area contributed by atoms with Gasteiger partial charge in [0, 0.05) is 17.5 Å². The number of ketones is 1. The molecule has 6 nitrogen and oxygen atoms in total. The highest BCUT2D eigenvalue weighted by atomic mass is 16.6. The van der Waals surface area contributed by atoms with Crippen molar-refractivity contribution in [1.29, 1.82) is 0 Å². The number of carbonyl (C=O) groups excluding carboxylic acids is 2. The average Bonchev–Trinajstić information content (AvgIpc) is 3.52. The smallest absolute Gasteiger partial charge is 0.344 e. The molecule has 30 heavy (non-hydrogen) atoms. The summed E-state index contributed by atoms with van der Waals surface area (Å²) in [4.78, 5) is 24.1. The molecule has 1 fully saturated rings. The Hall–Kier alpha value is -3.02. The van der Waals surface area contributed by atoms with Crippen LogP contribution in [0.3, 0.4) is 0 Å². The maximum Gasteiger partial charge on any atom is 0.344 e. The van der Waals surface area contributed by atoms with Gasteiger partial charge in [0.1, 0.15) is 0 Å². The number of hydrogen-bond donors (Lipinski definition) is 0. The van der Waals surface area contributed by atoms with Gasteiger partial charge < -0.3 is 18.9 Å². The monoisotopic (exact) mass is 410 g/mol. The Kier molecular flexibility index (Phi) is 5.93. The largest absolute Gasteiger partial charge is 0.493 e. The normalized spacial score (nSPS) is 14.9. The molecular formula is C24H26O6. The van der Waals surface area contributed by atoms with Crippen LogP contribution in [0.1, 0.15) is 42.1 Å². The Bertz CT molecular complexity index is 960. The highest BCUT2D eigenvalue weighted by molar-refractivity contribution is 6.01. The van der Waals surface area contributed by atoms with Crippen LogP contribution < -0.4 is 14.2 Å². The topological polar surface area (TPSA) is 71.1 Å². The van der Waals surface area contributed by atoms with Gasteiger partial charge in [-0.05, 0) is 55.4 Å². The fraction of sp³-hybridized carbons (Fsp3) is 0.417. The summed E-state index contributed by atoms with van der Waals surface area (Å²) in [5.74, 6) is 1.68. The van der Waals surface area contributed by atoms with Crippen LogP contribution in [0.15, 0.2) is 30.3 Å². The van der Waals surface area contributed by atoms with Crippen molar-refractivity contribution in [1.82, 2.24) is 0 Å². The summed E-state index contributed by atoms with van der Waals surface area (Å²) in [6.45, 7) is 2.53. The van der Waals surface area contributed by atoms with Crippen LogP contribution in [0, 0.1) is 5.92 Å². The number of fused-ring (bicyclic) bond motifs is 1. The number of aryl methyl sites for hydroxylation is 1. The molecule has 0 bridgehead atoms. The van der Waals surface area contributed by atoms with Gasteiger partial charge >= 0.3 is 5.97 Å². The molecule has 0 saturated heterocycles. The third kappa shape index (κ3) is 4.27. The molecule has 4 rings (SSSR count). The van der Waals surface area contributed by atoms with Crippen LogP contribution in [0.25, 0.3) is 11.1 Å². The van der Waals surface area contributed by atoms with Gasteiger partial charge in [0.2, 0.25) is 5.75 Å². The first-order valence-electron chi connectivity index (χ1n) is 10.4. The number of carbonyl (C=O) groups is 2. The third-order valence-corrected chi connectivity index (χ3v) is 5.43. The fourth-order valence-corrected chi connectivity index (χ4v) is 3.65. The zero-order chi connectivity index (χ0) is 21.1. The van der Waals surface area contributed by atoms with Crippen molar-refractivity contribution < 1.29 is 28.5 Å². The summed E-state index contributed by atoms with van der Waals surface area (Å²) in [7, 11) is 1.56. The van der Waals surface area contributed by atoms with Crippen molar-refractivity contribution in [2.45, 2.75) is 32.6 Å². The SMILES string of the molecule is CCOc1c(OC)ccc(-c2ccc3c(c2)CCC3=O)c1OCC(=O)OCC1CC1. The Labute approximate surface area is 176 Å². The molecule has 1 saturated carbocycles. The average molecular weight is 410 g/mol. The van der Waals surface area contributed by atoms with E-state index in [1.54, 1.807) is 7.11 Å². The highest BCUT2D eigenvalue weighted by Crippen LogP contribution is 2.45. The Morgan fingerprint density at radius 2 is 1.83 bits per heavy atom. The fourth-order valence-electron chi connectivity index (χ4n) is 3.65. The van der Waals surface area contributed by atoms with Crippen LogP contribution >= 0.6 is 0 Å². The molecule has 0 amide bonds. The maximum absolute atomic E-state index is 12.2. The molecule has 2 aromatic carbocycles. The van der Waals surface area contributed by atoms with Gasteiger partial charge in [0.25, 0.3) is 0 Å². The van der Waals surface area contributed by atoms with Crippen molar-refractivity contribution in [3.63, 3.8) is 0 Å². The van der Waals surface area contributed by atoms with Crippen LogP contribution in [-0.2, 0) is 16.0 Å². The van der Waals surface area contributed by atoms with Crippen LogP contribution in [0.2, 0.25) is 0 Å². The second kappa shape index (κ2) is 8.78. The van der Waals surface area contributed by atoms with E-state index < -0.39 is 5.97 Å². The minimum atomic E-state index is -0.405. The summed E-state index contributed by atoms with van der Waals surface area (Å²) in [6, 6.07) is 9.47. The third-order valence-electron chi connectivity index (χ3n) is 5.43. The number of rotatable bonds is 9. The quantitative estimate of drug-likeness (QED) is 0.577. The highest BCUT2D eigenvalue weighted by Gasteiger charge is 2.25. The maximum atomic E-state index is 12.2. The van der Waals surface area contributed by atoms with E-state index in [-0.39, 0.29) is 12.4 Å². The van der Waals surface area contributed by atoms with Gasteiger partial charge in [-0.25, -0.2) is 4.79 Å². The van der Waals surface area contributed by atoms with Gasteiger partial charge in [-0.3, -0.25) is 4.79 Å². The first kappa shape index (κ1) is 20.3. The molecule has 0 aromatic heterocycles. The van der Waals surface area contributed by atoms with E-state index in [0.717, 1.165) is 41.5 Å².